The summed E-state index contributed by atoms with van der Waals surface area (Å²) in [5, 5.41) is 3.48. The average Bonchev–Trinajstić information content (AvgIpc) is 2.53. The van der Waals surface area contributed by atoms with Crippen LogP contribution in [-0.4, -0.2) is 42.0 Å². The van der Waals surface area contributed by atoms with Gasteiger partial charge in [0.05, 0.1) is 5.54 Å². The number of nitrogens with zero attached hydrogens (tertiary/aromatic N) is 1. The van der Waals surface area contributed by atoms with Crippen LogP contribution in [0.15, 0.2) is 0 Å². The maximum atomic E-state index is 11.9. The Kier molecular flexibility index (Phi) is 6.09. The number of rotatable bonds is 6. The van der Waals surface area contributed by atoms with E-state index in [2.05, 4.69) is 31.0 Å². The summed E-state index contributed by atoms with van der Waals surface area (Å²) in [6.45, 7) is 9.64. The van der Waals surface area contributed by atoms with E-state index in [0.29, 0.717) is 6.04 Å². The number of likely N-dealkylation sites (tertiary alicyclic amines) is 1. The van der Waals surface area contributed by atoms with Gasteiger partial charge in [0.1, 0.15) is 0 Å². The molecule has 1 aliphatic heterocycles. The molecule has 1 aliphatic rings. The molecule has 1 rings (SSSR count). The molecule has 0 radical (unpaired) electrons. The third kappa shape index (κ3) is 3.95. The van der Waals surface area contributed by atoms with Crippen molar-refractivity contribution in [3.05, 3.63) is 0 Å². The van der Waals surface area contributed by atoms with Gasteiger partial charge in [-0.15, -0.1) is 0 Å². The predicted molar refractivity (Wildman–Crippen MR) is 75.4 cm³/mol. The summed E-state index contributed by atoms with van der Waals surface area (Å²) in [4.78, 5) is 14.3. The summed E-state index contributed by atoms with van der Waals surface area (Å²) in [7, 11) is 0. The predicted octanol–water partition coefficient (Wildman–Crippen LogP) is 1.49. The Balaban J connectivity index is 2.70. The van der Waals surface area contributed by atoms with Gasteiger partial charge in [0.15, 0.2) is 0 Å². The average molecular weight is 255 g/mol. The molecule has 0 aromatic rings. The molecule has 0 saturated carbocycles. The summed E-state index contributed by atoms with van der Waals surface area (Å²) in [6.07, 6.45) is 4.95. The zero-order chi connectivity index (χ0) is 13.6. The van der Waals surface area contributed by atoms with Crippen molar-refractivity contribution in [3.8, 4) is 0 Å². The van der Waals surface area contributed by atoms with Crippen molar-refractivity contribution >= 4 is 5.91 Å². The Bertz CT molecular complexity index is 270. The van der Waals surface area contributed by atoms with E-state index in [4.69, 9.17) is 5.73 Å². The number of hydrogen-bond acceptors (Lipinski definition) is 3. The fourth-order valence-electron chi connectivity index (χ4n) is 2.77. The Morgan fingerprint density at radius 2 is 2.11 bits per heavy atom. The van der Waals surface area contributed by atoms with Crippen LogP contribution in [0.2, 0.25) is 0 Å². The highest BCUT2D eigenvalue weighted by molar-refractivity contribution is 5.84. The highest BCUT2D eigenvalue weighted by Crippen LogP contribution is 2.23. The second kappa shape index (κ2) is 7.10. The number of nitrogens with one attached hydrogen (secondary N) is 1. The number of carbonyl (C=O) groups excluding carboxylic acids is 1. The molecular weight excluding hydrogens is 226 g/mol. The highest BCUT2D eigenvalue weighted by Gasteiger charge is 2.38. The van der Waals surface area contributed by atoms with Crippen molar-refractivity contribution in [1.29, 1.82) is 0 Å². The number of primary amides is 1. The maximum absolute atomic E-state index is 11.9. The van der Waals surface area contributed by atoms with Gasteiger partial charge >= 0.3 is 0 Å². The first-order valence-corrected chi connectivity index (χ1v) is 7.34. The Morgan fingerprint density at radius 1 is 1.39 bits per heavy atom. The fraction of sp³-hybridized carbons (Fsp3) is 0.929. The van der Waals surface area contributed by atoms with Crippen molar-refractivity contribution in [2.75, 3.05) is 19.6 Å². The minimum absolute atomic E-state index is 0.179. The smallest absolute Gasteiger partial charge is 0.237 e. The summed E-state index contributed by atoms with van der Waals surface area (Å²) >= 11 is 0. The molecule has 1 saturated heterocycles. The molecule has 0 bridgehead atoms. The van der Waals surface area contributed by atoms with Gasteiger partial charge in [-0.1, -0.05) is 13.8 Å². The van der Waals surface area contributed by atoms with E-state index in [9.17, 15) is 4.79 Å². The van der Waals surface area contributed by atoms with Crippen molar-refractivity contribution in [1.82, 2.24) is 10.2 Å². The van der Waals surface area contributed by atoms with Crippen LogP contribution in [0.5, 0.6) is 0 Å². The van der Waals surface area contributed by atoms with Crippen molar-refractivity contribution in [2.24, 2.45) is 5.73 Å². The largest absolute Gasteiger partial charge is 0.368 e. The van der Waals surface area contributed by atoms with E-state index >= 15 is 0 Å². The van der Waals surface area contributed by atoms with Crippen LogP contribution in [0.3, 0.4) is 0 Å². The van der Waals surface area contributed by atoms with Gasteiger partial charge in [0, 0.05) is 12.6 Å². The number of nitrogens with two attached hydrogens (primary N) is 1. The lowest BCUT2D eigenvalue weighted by Crippen LogP contribution is -2.58. The molecule has 1 heterocycles. The van der Waals surface area contributed by atoms with Gasteiger partial charge < -0.3 is 16.0 Å². The van der Waals surface area contributed by atoms with E-state index in [-0.39, 0.29) is 5.91 Å². The van der Waals surface area contributed by atoms with Crippen molar-refractivity contribution in [2.45, 2.75) is 64.5 Å². The molecule has 106 valence electrons. The summed E-state index contributed by atoms with van der Waals surface area (Å²) in [5.74, 6) is -0.179. The standard InChI is InChI=1S/C14H29N3O/c1-4-9-17-10-6-7-14(8-11-17,13(15)18)16-12(3)5-2/h12,16H,4-11H2,1-3H3,(H2,15,18). The van der Waals surface area contributed by atoms with Crippen LogP contribution in [-0.2, 0) is 4.79 Å². The van der Waals surface area contributed by atoms with E-state index in [1.807, 2.05) is 0 Å². The van der Waals surface area contributed by atoms with E-state index in [1.165, 1.54) is 6.42 Å². The van der Waals surface area contributed by atoms with Crippen LogP contribution < -0.4 is 11.1 Å². The maximum Gasteiger partial charge on any atom is 0.237 e. The second-order valence-corrected chi connectivity index (χ2v) is 5.60. The molecule has 0 aromatic heterocycles. The third-order valence-corrected chi connectivity index (χ3v) is 4.08. The minimum Gasteiger partial charge on any atom is -0.368 e. The molecule has 2 atom stereocenters. The van der Waals surface area contributed by atoms with Gasteiger partial charge in [-0.05, 0) is 52.1 Å². The van der Waals surface area contributed by atoms with Crippen molar-refractivity contribution in [3.63, 3.8) is 0 Å². The Labute approximate surface area is 111 Å². The summed E-state index contributed by atoms with van der Waals surface area (Å²) in [6, 6.07) is 0.343. The van der Waals surface area contributed by atoms with Crippen LogP contribution in [0, 0.1) is 0 Å². The zero-order valence-electron chi connectivity index (χ0n) is 12.2. The lowest BCUT2D eigenvalue weighted by Gasteiger charge is -2.33. The molecule has 18 heavy (non-hydrogen) atoms. The summed E-state index contributed by atoms with van der Waals surface area (Å²) in [5.41, 5.74) is 5.19. The van der Waals surface area contributed by atoms with Crippen LogP contribution in [0.25, 0.3) is 0 Å². The Morgan fingerprint density at radius 3 is 2.67 bits per heavy atom. The van der Waals surface area contributed by atoms with Gasteiger partial charge in [0.2, 0.25) is 5.91 Å². The SMILES string of the molecule is CCCN1CCCC(NC(C)CC)(C(N)=O)CC1. The van der Waals surface area contributed by atoms with Gasteiger partial charge in [0.25, 0.3) is 0 Å². The first-order valence-electron chi connectivity index (χ1n) is 7.34. The van der Waals surface area contributed by atoms with Crippen LogP contribution >= 0.6 is 0 Å². The van der Waals surface area contributed by atoms with Crippen molar-refractivity contribution < 1.29 is 4.79 Å². The second-order valence-electron chi connectivity index (χ2n) is 5.60. The molecule has 0 aromatic carbocycles. The first-order chi connectivity index (χ1) is 8.54. The first kappa shape index (κ1) is 15.4. The highest BCUT2D eigenvalue weighted by atomic mass is 16.1. The number of amides is 1. The molecule has 1 amide bonds. The van der Waals surface area contributed by atoms with Gasteiger partial charge in [-0.3, -0.25) is 4.79 Å². The van der Waals surface area contributed by atoms with E-state index in [1.54, 1.807) is 0 Å². The quantitative estimate of drug-likeness (QED) is 0.756. The van der Waals surface area contributed by atoms with Crippen LogP contribution in [0.1, 0.15) is 52.9 Å². The lowest BCUT2D eigenvalue weighted by molar-refractivity contribution is -0.125. The normalized spacial score (nSPS) is 27.7. The Hall–Kier alpha value is -0.610. The summed E-state index contributed by atoms with van der Waals surface area (Å²) < 4.78 is 0. The number of hydrogen-bond donors (Lipinski definition) is 2. The van der Waals surface area contributed by atoms with Crippen LogP contribution in [0.4, 0.5) is 0 Å². The molecule has 1 fully saturated rings. The molecular formula is C14H29N3O. The van der Waals surface area contributed by atoms with E-state index in [0.717, 1.165) is 45.3 Å². The minimum atomic E-state index is -0.488. The molecule has 4 nitrogen and oxygen atoms in total. The van der Waals surface area contributed by atoms with Gasteiger partial charge in [-0.25, -0.2) is 0 Å². The zero-order valence-corrected chi connectivity index (χ0v) is 12.2. The molecule has 3 N–H and O–H groups in total. The lowest BCUT2D eigenvalue weighted by atomic mass is 9.88. The topological polar surface area (TPSA) is 58.4 Å². The molecule has 0 aliphatic carbocycles. The van der Waals surface area contributed by atoms with Gasteiger partial charge in [-0.2, -0.15) is 0 Å². The number of carbonyl (C=O) groups is 1. The monoisotopic (exact) mass is 255 g/mol. The third-order valence-electron chi connectivity index (χ3n) is 4.08. The molecule has 2 unspecified atom stereocenters. The fourth-order valence-corrected chi connectivity index (χ4v) is 2.77. The molecule has 4 heteroatoms. The van der Waals surface area contributed by atoms with E-state index < -0.39 is 5.54 Å². The molecule has 0 spiro atoms.